The molecule has 2 aromatic carbocycles. The maximum absolute atomic E-state index is 11.9. The zero-order chi connectivity index (χ0) is 22.8. The van der Waals surface area contributed by atoms with Gasteiger partial charge in [0.15, 0.2) is 0 Å². The van der Waals surface area contributed by atoms with Crippen LogP contribution in [0.25, 0.3) is 6.08 Å². The van der Waals surface area contributed by atoms with Crippen molar-refractivity contribution in [3.05, 3.63) is 75.3 Å². The summed E-state index contributed by atoms with van der Waals surface area (Å²) in [4.78, 5) is 34.0. The summed E-state index contributed by atoms with van der Waals surface area (Å²) in [5, 5.41) is 17.2. The molecule has 2 amide bonds. The third kappa shape index (κ3) is 8.22. The van der Waals surface area contributed by atoms with Gasteiger partial charge >= 0.3 is 0 Å². The van der Waals surface area contributed by atoms with Gasteiger partial charge in [-0.2, -0.15) is 5.10 Å². The molecule has 0 atom stereocenters. The number of amides is 2. The molecule has 0 spiro atoms. The van der Waals surface area contributed by atoms with E-state index in [2.05, 4.69) is 41.8 Å². The highest BCUT2D eigenvalue weighted by molar-refractivity contribution is 5.93. The van der Waals surface area contributed by atoms with Crippen molar-refractivity contribution in [3.63, 3.8) is 0 Å². The number of anilines is 1. The number of non-ortho nitro benzene ring substituents is 1. The van der Waals surface area contributed by atoms with Crippen LogP contribution in [0.15, 0.2) is 59.2 Å². The Labute approximate surface area is 181 Å². The summed E-state index contributed by atoms with van der Waals surface area (Å²) in [5.41, 5.74) is 5.74. The van der Waals surface area contributed by atoms with Gasteiger partial charge < -0.3 is 5.32 Å². The maximum Gasteiger partial charge on any atom is 0.271 e. The van der Waals surface area contributed by atoms with Crippen molar-refractivity contribution in [1.29, 1.82) is 0 Å². The molecule has 0 radical (unpaired) electrons. The average molecular weight is 422 g/mol. The van der Waals surface area contributed by atoms with Gasteiger partial charge in [-0.15, -0.1) is 0 Å². The van der Waals surface area contributed by atoms with Crippen molar-refractivity contribution in [1.82, 2.24) is 5.43 Å². The second-order valence-electron chi connectivity index (χ2n) is 7.36. The number of nitrogens with one attached hydrogen (secondary N) is 2. The number of nitro groups is 1. The van der Waals surface area contributed by atoms with E-state index in [0.717, 1.165) is 11.1 Å². The van der Waals surface area contributed by atoms with Crippen LogP contribution in [0.1, 0.15) is 50.7 Å². The lowest BCUT2D eigenvalue weighted by atomic mass is 10.0. The Bertz CT molecular complexity index is 995. The van der Waals surface area contributed by atoms with E-state index in [1.165, 1.54) is 30.0 Å². The Kier molecular flexibility index (Phi) is 8.63. The van der Waals surface area contributed by atoms with Gasteiger partial charge in [0.25, 0.3) is 5.69 Å². The Morgan fingerprint density at radius 2 is 1.77 bits per heavy atom. The van der Waals surface area contributed by atoms with E-state index in [0.29, 0.717) is 11.6 Å². The number of carbonyl (C=O) groups is 2. The topological polar surface area (TPSA) is 114 Å². The number of benzene rings is 2. The van der Waals surface area contributed by atoms with Gasteiger partial charge in [-0.25, -0.2) is 5.43 Å². The number of allylic oxidation sites excluding steroid dienone is 1. The van der Waals surface area contributed by atoms with Crippen LogP contribution in [-0.2, 0) is 9.59 Å². The molecule has 31 heavy (non-hydrogen) atoms. The molecule has 0 heterocycles. The quantitative estimate of drug-likeness (QED) is 0.348. The van der Waals surface area contributed by atoms with Crippen molar-refractivity contribution in [3.8, 4) is 0 Å². The van der Waals surface area contributed by atoms with E-state index in [4.69, 9.17) is 0 Å². The van der Waals surface area contributed by atoms with E-state index in [-0.39, 0.29) is 18.5 Å². The monoisotopic (exact) mass is 422 g/mol. The highest BCUT2D eigenvalue weighted by atomic mass is 16.6. The molecule has 0 aromatic heterocycles. The van der Waals surface area contributed by atoms with E-state index in [1.54, 1.807) is 6.07 Å². The highest BCUT2D eigenvalue weighted by Crippen LogP contribution is 2.17. The van der Waals surface area contributed by atoms with Gasteiger partial charge in [0, 0.05) is 30.7 Å². The highest BCUT2D eigenvalue weighted by Gasteiger charge is 2.10. The summed E-state index contributed by atoms with van der Waals surface area (Å²) in [6.45, 7) is 6.16. The zero-order valence-corrected chi connectivity index (χ0v) is 17.8. The second-order valence-corrected chi connectivity index (χ2v) is 7.36. The second kappa shape index (κ2) is 11.4. The van der Waals surface area contributed by atoms with Crippen LogP contribution in [0.3, 0.4) is 0 Å². The number of hydrogen-bond donors (Lipinski definition) is 2. The third-order valence-electron chi connectivity index (χ3n) is 4.37. The molecule has 0 aliphatic heterocycles. The molecule has 8 nitrogen and oxygen atoms in total. The SMILES string of the molecule is C/C(C=NNC(=O)CCC(=O)Nc1cccc([N+](=O)[O-])c1)=C/c1ccc(C(C)C)cc1. The minimum atomic E-state index is -0.543. The molecule has 0 saturated carbocycles. The first-order valence-corrected chi connectivity index (χ1v) is 9.89. The molecule has 0 bridgehead atoms. The molecule has 0 unspecified atom stereocenters. The van der Waals surface area contributed by atoms with Gasteiger partial charge in [-0.05, 0) is 35.6 Å². The Morgan fingerprint density at radius 3 is 2.42 bits per heavy atom. The molecule has 0 aliphatic rings. The summed E-state index contributed by atoms with van der Waals surface area (Å²) >= 11 is 0. The van der Waals surface area contributed by atoms with E-state index >= 15 is 0 Å². The smallest absolute Gasteiger partial charge is 0.271 e. The lowest BCUT2D eigenvalue weighted by Crippen LogP contribution is -2.20. The molecule has 2 N–H and O–H groups in total. The van der Waals surface area contributed by atoms with Crippen LogP contribution in [-0.4, -0.2) is 23.0 Å². The van der Waals surface area contributed by atoms with E-state index < -0.39 is 16.7 Å². The fraction of sp³-hybridized carbons (Fsp3) is 0.261. The summed E-state index contributed by atoms with van der Waals surface area (Å²) < 4.78 is 0. The molecule has 2 rings (SSSR count). The van der Waals surface area contributed by atoms with Crippen molar-refractivity contribution in [2.75, 3.05) is 5.32 Å². The molecule has 0 fully saturated rings. The molecular formula is C23H26N4O4. The van der Waals surface area contributed by atoms with Crippen LogP contribution >= 0.6 is 0 Å². The first kappa shape index (κ1) is 23.5. The number of hydrazone groups is 1. The molecule has 8 heteroatoms. The number of nitrogens with zero attached hydrogens (tertiary/aromatic N) is 2. The number of carbonyl (C=O) groups excluding carboxylic acids is 2. The fourth-order valence-corrected chi connectivity index (χ4v) is 2.69. The largest absolute Gasteiger partial charge is 0.326 e. The molecule has 162 valence electrons. The predicted molar refractivity (Wildman–Crippen MR) is 122 cm³/mol. The number of rotatable bonds is 9. The van der Waals surface area contributed by atoms with Gasteiger partial charge in [0.2, 0.25) is 11.8 Å². The average Bonchev–Trinajstić information content (AvgIpc) is 2.73. The standard InChI is InChI=1S/C23H26N4O4/c1-16(2)19-9-7-18(8-10-19)13-17(3)15-24-26-23(29)12-11-22(28)25-20-5-4-6-21(14-20)27(30)31/h4-10,13-16H,11-12H2,1-3H3,(H,25,28)(H,26,29)/b17-13-,24-15?. The van der Waals surface area contributed by atoms with Crippen LogP contribution in [0.2, 0.25) is 0 Å². The first-order chi connectivity index (χ1) is 14.7. The molecule has 0 saturated heterocycles. The molecule has 0 aliphatic carbocycles. The number of hydrogen-bond acceptors (Lipinski definition) is 5. The van der Waals surface area contributed by atoms with Gasteiger partial charge in [-0.1, -0.05) is 50.3 Å². The molecular weight excluding hydrogens is 396 g/mol. The van der Waals surface area contributed by atoms with Crippen molar-refractivity contribution in [2.45, 2.75) is 39.5 Å². The van der Waals surface area contributed by atoms with Crippen LogP contribution in [0.4, 0.5) is 11.4 Å². The predicted octanol–water partition coefficient (Wildman–Crippen LogP) is 4.64. The Hall–Kier alpha value is -3.81. The van der Waals surface area contributed by atoms with Crippen molar-refractivity contribution in [2.24, 2.45) is 5.10 Å². The lowest BCUT2D eigenvalue weighted by Gasteiger charge is -2.05. The summed E-state index contributed by atoms with van der Waals surface area (Å²) in [6.07, 6.45) is 3.36. The van der Waals surface area contributed by atoms with Crippen LogP contribution < -0.4 is 10.7 Å². The first-order valence-electron chi connectivity index (χ1n) is 9.89. The Morgan fingerprint density at radius 1 is 1.10 bits per heavy atom. The van der Waals surface area contributed by atoms with E-state index in [9.17, 15) is 19.7 Å². The summed E-state index contributed by atoms with van der Waals surface area (Å²) in [6, 6.07) is 13.8. The third-order valence-corrected chi connectivity index (χ3v) is 4.37. The summed E-state index contributed by atoms with van der Waals surface area (Å²) in [7, 11) is 0. The number of nitro benzene ring substituents is 1. The van der Waals surface area contributed by atoms with Crippen molar-refractivity contribution < 1.29 is 14.5 Å². The molecule has 2 aromatic rings. The maximum atomic E-state index is 11.9. The Balaban J connectivity index is 1.77. The van der Waals surface area contributed by atoms with Crippen LogP contribution in [0.5, 0.6) is 0 Å². The zero-order valence-electron chi connectivity index (χ0n) is 17.8. The van der Waals surface area contributed by atoms with Crippen LogP contribution in [0, 0.1) is 10.1 Å². The minimum Gasteiger partial charge on any atom is -0.326 e. The van der Waals surface area contributed by atoms with Gasteiger partial charge in [-0.3, -0.25) is 19.7 Å². The normalized spacial score (nSPS) is 11.5. The lowest BCUT2D eigenvalue weighted by molar-refractivity contribution is -0.384. The fourth-order valence-electron chi connectivity index (χ4n) is 2.69. The van der Waals surface area contributed by atoms with E-state index in [1.807, 2.05) is 25.1 Å². The minimum absolute atomic E-state index is 0.0580. The summed E-state index contributed by atoms with van der Waals surface area (Å²) in [5.74, 6) is -0.343. The van der Waals surface area contributed by atoms with Gasteiger partial charge in [0.05, 0.1) is 11.1 Å². The van der Waals surface area contributed by atoms with Crippen molar-refractivity contribution >= 4 is 35.5 Å². The van der Waals surface area contributed by atoms with Gasteiger partial charge in [0.1, 0.15) is 0 Å².